The zero-order valence-electron chi connectivity index (χ0n) is 13.9. The summed E-state index contributed by atoms with van der Waals surface area (Å²) in [6.07, 6.45) is 0.575. The largest absolute Gasteiger partial charge is 0.472 e. The highest BCUT2D eigenvalue weighted by Crippen LogP contribution is 2.26. The van der Waals surface area contributed by atoms with Gasteiger partial charge in [0.2, 0.25) is 0 Å². The normalized spacial score (nSPS) is 12.5. The van der Waals surface area contributed by atoms with E-state index >= 15 is 0 Å². The van der Waals surface area contributed by atoms with Crippen molar-refractivity contribution in [3.63, 3.8) is 0 Å². The van der Waals surface area contributed by atoms with Crippen LogP contribution in [0.2, 0.25) is 0 Å². The van der Waals surface area contributed by atoms with Gasteiger partial charge in [0.1, 0.15) is 5.75 Å². The van der Waals surface area contributed by atoms with Gasteiger partial charge in [0, 0.05) is 0 Å². The monoisotopic (exact) mass is 326 g/mol. The van der Waals surface area contributed by atoms with Gasteiger partial charge in [0.05, 0.1) is 5.56 Å². The summed E-state index contributed by atoms with van der Waals surface area (Å²) in [5.41, 5.74) is -0.615. The molecule has 0 bridgehead atoms. The molecule has 0 aliphatic heterocycles. The Labute approximate surface area is 141 Å². The van der Waals surface area contributed by atoms with E-state index in [1.165, 1.54) is 18.2 Å². The predicted molar refractivity (Wildman–Crippen MR) is 90.6 cm³/mol. The molecule has 0 saturated heterocycles. The van der Waals surface area contributed by atoms with Crippen LogP contribution in [0.3, 0.4) is 0 Å². The fourth-order valence-electron chi connectivity index (χ4n) is 2.06. The number of hydrogen-bond donors (Lipinski definition) is 0. The fraction of sp³-hybridized carbons (Fsp3) is 0.250. The van der Waals surface area contributed by atoms with Crippen LogP contribution < -0.4 is 9.47 Å². The lowest BCUT2D eigenvalue weighted by atomic mass is 10.0. The lowest BCUT2D eigenvalue weighted by molar-refractivity contribution is 0.0732. The minimum absolute atomic E-state index is 0.0235. The van der Waals surface area contributed by atoms with Gasteiger partial charge < -0.3 is 9.47 Å². The molecule has 0 N–H and O–H groups in total. The molecule has 0 aliphatic rings. The van der Waals surface area contributed by atoms with E-state index in [1.807, 2.05) is 13.0 Å². The second-order valence-electron chi connectivity index (χ2n) is 5.41. The molecule has 0 fully saturated rings. The van der Waals surface area contributed by atoms with Crippen LogP contribution in [0.15, 0.2) is 48.5 Å². The Kier molecular flexibility index (Phi) is 5.59. The molecule has 1 unspecified atom stereocenters. The second-order valence-corrected chi connectivity index (χ2v) is 5.41. The van der Waals surface area contributed by atoms with Crippen molar-refractivity contribution in [2.24, 2.45) is 0 Å². The molecule has 4 heteroatoms. The van der Waals surface area contributed by atoms with Crippen LogP contribution >= 0.6 is 0 Å². The summed E-state index contributed by atoms with van der Waals surface area (Å²) in [5.74, 6) is 4.97. The molecule has 0 aliphatic carbocycles. The molecule has 24 heavy (non-hydrogen) atoms. The standard InChI is InChI=1S/C20H19FO3/c1-4-13-20(3,5-2)24-18-14-15(11-12-17(18)21)19(22)23-16-9-7-6-8-10-16/h6-12,14H,5H2,1-3H3. The molecule has 0 aromatic heterocycles. The lowest BCUT2D eigenvalue weighted by Crippen LogP contribution is -2.30. The molecule has 0 amide bonds. The zero-order chi connectivity index (χ0) is 17.6. The Bertz CT molecular complexity index is 774. The molecule has 124 valence electrons. The summed E-state index contributed by atoms with van der Waals surface area (Å²) in [6.45, 7) is 5.37. The quantitative estimate of drug-likeness (QED) is 0.457. The van der Waals surface area contributed by atoms with E-state index in [0.29, 0.717) is 12.2 Å². The third-order valence-electron chi connectivity index (χ3n) is 3.52. The number of esters is 1. The van der Waals surface area contributed by atoms with E-state index in [-0.39, 0.29) is 11.3 Å². The van der Waals surface area contributed by atoms with Crippen LogP contribution in [-0.2, 0) is 0 Å². The maximum atomic E-state index is 14.0. The van der Waals surface area contributed by atoms with Crippen LogP contribution in [0.4, 0.5) is 4.39 Å². The van der Waals surface area contributed by atoms with Gasteiger partial charge in [-0.15, -0.1) is 5.92 Å². The minimum Gasteiger partial charge on any atom is -0.472 e. The third-order valence-corrected chi connectivity index (χ3v) is 3.52. The fourth-order valence-corrected chi connectivity index (χ4v) is 2.06. The summed E-state index contributed by atoms with van der Waals surface area (Å²) in [5, 5.41) is 0. The first-order valence-electron chi connectivity index (χ1n) is 7.67. The van der Waals surface area contributed by atoms with Crippen molar-refractivity contribution in [1.29, 1.82) is 0 Å². The average molecular weight is 326 g/mol. The van der Waals surface area contributed by atoms with Gasteiger partial charge in [-0.1, -0.05) is 31.0 Å². The molecule has 3 nitrogen and oxygen atoms in total. The number of hydrogen-bond acceptors (Lipinski definition) is 3. The van der Waals surface area contributed by atoms with Crippen molar-refractivity contribution >= 4 is 5.97 Å². The number of benzene rings is 2. The van der Waals surface area contributed by atoms with Gasteiger partial charge >= 0.3 is 5.97 Å². The number of rotatable bonds is 5. The highest BCUT2D eigenvalue weighted by molar-refractivity contribution is 5.91. The Balaban J connectivity index is 2.24. The van der Waals surface area contributed by atoms with E-state index in [4.69, 9.17) is 9.47 Å². The summed E-state index contributed by atoms with van der Waals surface area (Å²) in [6, 6.07) is 12.6. The van der Waals surface area contributed by atoms with Crippen molar-refractivity contribution in [1.82, 2.24) is 0 Å². The molecule has 2 rings (SSSR count). The van der Waals surface area contributed by atoms with Crippen LogP contribution in [0.25, 0.3) is 0 Å². The summed E-state index contributed by atoms with van der Waals surface area (Å²) >= 11 is 0. The summed E-state index contributed by atoms with van der Waals surface area (Å²) in [7, 11) is 0. The maximum Gasteiger partial charge on any atom is 0.343 e. The topological polar surface area (TPSA) is 35.5 Å². The van der Waals surface area contributed by atoms with E-state index in [1.54, 1.807) is 38.1 Å². The van der Waals surface area contributed by atoms with E-state index < -0.39 is 17.4 Å². The molecule has 0 saturated carbocycles. The van der Waals surface area contributed by atoms with Gasteiger partial charge in [-0.3, -0.25) is 0 Å². The maximum absolute atomic E-state index is 14.0. The first-order chi connectivity index (χ1) is 11.5. The summed E-state index contributed by atoms with van der Waals surface area (Å²) < 4.78 is 25.0. The van der Waals surface area contributed by atoms with Gasteiger partial charge in [0.25, 0.3) is 0 Å². The average Bonchev–Trinajstić information content (AvgIpc) is 2.58. The highest BCUT2D eigenvalue weighted by atomic mass is 19.1. The molecule has 1 atom stereocenters. The van der Waals surface area contributed by atoms with Crippen molar-refractivity contribution in [2.45, 2.75) is 32.8 Å². The van der Waals surface area contributed by atoms with Gasteiger partial charge in [-0.25, -0.2) is 9.18 Å². The predicted octanol–water partition coefficient (Wildman–Crippen LogP) is 4.62. The lowest BCUT2D eigenvalue weighted by Gasteiger charge is -2.24. The van der Waals surface area contributed by atoms with Gasteiger partial charge in [-0.05, 0) is 50.6 Å². The third kappa shape index (κ3) is 4.36. The van der Waals surface area contributed by atoms with Crippen LogP contribution in [0, 0.1) is 17.7 Å². The molecule has 0 heterocycles. The Morgan fingerprint density at radius 3 is 2.54 bits per heavy atom. The van der Waals surface area contributed by atoms with Crippen LogP contribution in [0.5, 0.6) is 11.5 Å². The zero-order valence-corrected chi connectivity index (χ0v) is 13.9. The first-order valence-corrected chi connectivity index (χ1v) is 7.67. The number of carbonyl (C=O) groups is 1. The number of ether oxygens (including phenoxy) is 2. The first kappa shape index (κ1) is 17.6. The van der Waals surface area contributed by atoms with Crippen molar-refractivity contribution in [3.8, 4) is 23.3 Å². The minimum atomic E-state index is -0.822. The number of para-hydroxylation sites is 1. The molecule has 0 radical (unpaired) electrons. The molecular formula is C20H19FO3. The Hall–Kier alpha value is -2.80. The van der Waals surface area contributed by atoms with Crippen LogP contribution in [-0.4, -0.2) is 11.6 Å². The summed E-state index contributed by atoms with van der Waals surface area (Å²) in [4.78, 5) is 12.2. The van der Waals surface area contributed by atoms with Gasteiger partial charge in [-0.2, -0.15) is 0 Å². The SMILES string of the molecule is CC#CC(C)(CC)Oc1cc(C(=O)Oc2ccccc2)ccc1F. The second kappa shape index (κ2) is 7.65. The van der Waals surface area contributed by atoms with Crippen molar-refractivity contribution < 1.29 is 18.7 Å². The smallest absolute Gasteiger partial charge is 0.343 e. The number of carbonyl (C=O) groups excluding carboxylic acids is 1. The Morgan fingerprint density at radius 1 is 1.21 bits per heavy atom. The van der Waals surface area contributed by atoms with Crippen molar-refractivity contribution in [2.75, 3.05) is 0 Å². The molecule has 2 aromatic carbocycles. The molecular weight excluding hydrogens is 307 g/mol. The van der Waals surface area contributed by atoms with E-state index in [9.17, 15) is 9.18 Å². The van der Waals surface area contributed by atoms with Crippen LogP contribution in [0.1, 0.15) is 37.6 Å². The molecule has 2 aromatic rings. The van der Waals surface area contributed by atoms with E-state index in [2.05, 4.69) is 11.8 Å². The van der Waals surface area contributed by atoms with E-state index in [0.717, 1.165) is 0 Å². The van der Waals surface area contributed by atoms with Crippen molar-refractivity contribution in [3.05, 3.63) is 59.9 Å². The highest BCUT2D eigenvalue weighted by Gasteiger charge is 2.23. The van der Waals surface area contributed by atoms with Gasteiger partial charge in [0.15, 0.2) is 17.2 Å². The molecule has 0 spiro atoms. The number of halogens is 1. The Morgan fingerprint density at radius 2 is 1.92 bits per heavy atom.